The summed E-state index contributed by atoms with van der Waals surface area (Å²) < 4.78 is 0. The van der Waals surface area contributed by atoms with Crippen molar-refractivity contribution < 1.29 is 0 Å². The van der Waals surface area contributed by atoms with Crippen LogP contribution in [0.2, 0.25) is 5.15 Å². The molecule has 2 unspecified atom stereocenters. The number of nitrogens with two attached hydrogens (primary N) is 1. The number of nitrogens with zero attached hydrogens (tertiary/aromatic N) is 3. The molecule has 0 aromatic carbocycles. The number of aromatic nitrogens is 2. The van der Waals surface area contributed by atoms with Gasteiger partial charge in [0.15, 0.2) is 0 Å². The Morgan fingerprint density at radius 3 is 2.53 bits per heavy atom. The van der Waals surface area contributed by atoms with E-state index in [1.807, 2.05) is 0 Å². The van der Waals surface area contributed by atoms with Crippen LogP contribution in [0.1, 0.15) is 31.4 Å². The third kappa shape index (κ3) is 2.30. The number of hydrogen-bond acceptors (Lipinski definition) is 4. The van der Waals surface area contributed by atoms with Crippen LogP contribution in [0.4, 0.5) is 0 Å². The lowest BCUT2D eigenvalue weighted by Gasteiger charge is -2.37. The van der Waals surface area contributed by atoms with E-state index < -0.39 is 0 Å². The molecule has 3 rings (SSSR count). The molecule has 2 fully saturated rings. The maximum Gasteiger partial charge on any atom is 0.147 e. The van der Waals surface area contributed by atoms with Crippen LogP contribution < -0.4 is 5.73 Å². The van der Waals surface area contributed by atoms with Gasteiger partial charge in [0.2, 0.25) is 0 Å². The molecule has 2 N–H and O–H groups in total. The number of rotatable bonds is 2. The van der Waals surface area contributed by atoms with Gasteiger partial charge in [0.1, 0.15) is 5.15 Å². The van der Waals surface area contributed by atoms with E-state index in [-0.39, 0.29) is 0 Å². The quantitative estimate of drug-likeness (QED) is 0.869. The summed E-state index contributed by atoms with van der Waals surface area (Å²) in [5.41, 5.74) is 7.06. The van der Waals surface area contributed by atoms with Crippen molar-refractivity contribution in [2.45, 2.75) is 50.4 Å². The van der Waals surface area contributed by atoms with Crippen LogP contribution in [0.15, 0.2) is 12.4 Å². The lowest BCUT2D eigenvalue weighted by atomic mass is 9.98. The maximum atomic E-state index is 6.06. The van der Waals surface area contributed by atoms with Crippen molar-refractivity contribution in [3.8, 4) is 0 Å². The molecule has 2 saturated heterocycles. The SMILES string of the molecule is NC1CC2CCC(C1)N2Cc1cnc(Cl)cn1. The molecule has 0 spiro atoms. The summed E-state index contributed by atoms with van der Waals surface area (Å²) in [6.45, 7) is 0.881. The summed E-state index contributed by atoms with van der Waals surface area (Å²) in [4.78, 5) is 10.9. The fraction of sp³-hybridized carbons (Fsp3) is 0.667. The molecule has 1 aromatic heterocycles. The Labute approximate surface area is 106 Å². The predicted octanol–water partition coefficient (Wildman–Crippen LogP) is 1.58. The van der Waals surface area contributed by atoms with Crippen LogP contribution in [0.3, 0.4) is 0 Å². The third-order valence-electron chi connectivity index (χ3n) is 3.94. The molecule has 2 aliphatic heterocycles. The van der Waals surface area contributed by atoms with Gasteiger partial charge in [-0.25, -0.2) is 4.98 Å². The van der Waals surface area contributed by atoms with Crippen molar-refractivity contribution in [1.82, 2.24) is 14.9 Å². The minimum absolute atomic E-state index is 0.389. The largest absolute Gasteiger partial charge is 0.328 e. The van der Waals surface area contributed by atoms with Crippen LogP contribution in [0.5, 0.6) is 0 Å². The molecular weight excluding hydrogens is 236 g/mol. The van der Waals surface area contributed by atoms with Crippen LogP contribution in [-0.4, -0.2) is 33.0 Å². The first kappa shape index (κ1) is 11.4. The topological polar surface area (TPSA) is 55.0 Å². The summed E-state index contributed by atoms with van der Waals surface area (Å²) in [5, 5.41) is 0.456. The Balaban J connectivity index is 1.72. The first-order valence-electron chi connectivity index (χ1n) is 6.20. The summed E-state index contributed by atoms with van der Waals surface area (Å²) >= 11 is 5.74. The summed E-state index contributed by atoms with van der Waals surface area (Å²) in [6.07, 6.45) is 8.19. The zero-order valence-corrected chi connectivity index (χ0v) is 10.5. The highest BCUT2D eigenvalue weighted by molar-refractivity contribution is 6.29. The van der Waals surface area contributed by atoms with Crippen molar-refractivity contribution in [3.05, 3.63) is 23.2 Å². The van der Waals surface area contributed by atoms with E-state index in [9.17, 15) is 0 Å². The molecule has 2 atom stereocenters. The molecule has 1 aromatic rings. The summed E-state index contributed by atoms with van der Waals surface area (Å²) in [7, 11) is 0. The van der Waals surface area contributed by atoms with E-state index in [1.54, 1.807) is 12.4 Å². The smallest absolute Gasteiger partial charge is 0.147 e. The highest BCUT2D eigenvalue weighted by atomic mass is 35.5. The number of halogens is 1. The van der Waals surface area contributed by atoms with E-state index in [2.05, 4.69) is 14.9 Å². The zero-order chi connectivity index (χ0) is 11.8. The Morgan fingerprint density at radius 1 is 1.24 bits per heavy atom. The predicted molar refractivity (Wildman–Crippen MR) is 66.6 cm³/mol. The van der Waals surface area contributed by atoms with Gasteiger partial charge in [0.25, 0.3) is 0 Å². The first-order chi connectivity index (χ1) is 8.22. The molecule has 2 aliphatic rings. The molecule has 0 amide bonds. The van der Waals surface area contributed by atoms with E-state index in [0.29, 0.717) is 23.3 Å². The lowest BCUT2D eigenvalue weighted by Crippen LogP contribution is -2.46. The molecule has 0 radical (unpaired) electrons. The highest BCUT2D eigenvalue weighted by Crippen LogP contribution is 2.35. The Bertz CT molecular complexity index is 380. The van der Waals surface area contributed by atoms with Crippen molar-refractivity contribution in [2.24, 2.45) is 5.73 Å². The Hall–Kier alpha value is -0.710. The summed E-state index contributed by atoms with van der Waals surface area (Å²) in [5.74, 6) is 0. The second kappa shape index (κ2) is 4.52. The third-order valence-corrected chi connectivity index (χ3v) is 4.13. The van der Waals surface area contributed by atoms with Gasteiger partial charge in [-0.15, -0.1) is 0 Å². The Morgan fingerprint density at radius 2 is 1.94 bits per heavy atom. The highest BCUT2D eigenvalue weighted by Gasteiger charge is 2.39. The van der Waals surface area contributed by atoms with Crippen molar-refractivity contribution >= 4 is 11.6 Å². The standard InChI is InChI=1S/C12H17ClN4/c13-12-6-15-9(5-16-12)7-17-10-1-2-11(17)4-8(14)3-10/h5-6,8,10-11H,1-4,7,14H2. The van der Waals surface area contributed by atoms with Crippen LogP contribution >= 0.6 is 11.6 Å². The van der Waals surface area contributed by atoms with Gasteiger partial charge in [0.05, 0.1) is 18.1 Å². The van der Waals surface area contributed by atoms with Crippen LogP contribution in [0, 0.1) is 0 Å². The number of piperidine rings is 1. The molecule has 4 nitrogen and oxygen atoms in total. The van der Waals surface area contributed by atoms with Crippen molar-refractivity contribution in [1.29, 1.82) is 0 Å². The lowest BCUT2D eigenvalue weighted by molar-refractivity contribution is 0.118. The molecule has 5 heteroatoms. The Kier molecular flexibility index (Phi) is 3.03. The van der Waals surface area contributed by atoms with Gasteiger partial charge in [-0.2, -0.15) is 0 Å². The molecule has 3 heterocycles. The molecular formula is C12H17ClN4. The van der Waals surface area contributed by atoms with Crippen LogP contribution in [0.25, 0.3) is 0 Å². The second-order valence-corrected chi connectivity index (χ2v) is 5.51. The van der Waals surface area contributed by atoms with E-state index >= 15 is 0 Å². The average molecular weight is 253 g/mol. The van der Waals surface area contributed by atoms with Gasteiger partial charge < -0.3 is 5.73 Å². The zero-order valence-electron chi connectivity index (χ0n) is 9.72. The fourth-order valence-corrected chi connectivity index (χ4v) is 3.28. The van der Waals surface area contributed by atoms with Gasteiger partial charge in [-0.1, -0.05) is 11.6 Å². The number of fused-ring (bicyclic) bond motifs is 2. The molecule has 17 heavy (non-hydrogen) atoms. The van der Waals surface area contributed by atoms with Gasteiger partial charge in [0, 0.05) is 24.7 Å². The number of hydrogen-bond donors (Lipinski definition) is 1. The molecule has 92 valence electrons. The van der Waals surface area contributed by atoms with E-state index in [0.717, 1.165) is 25.1 Å². The fourth-order valence-electron chi connectivity index (χ4n) is 3.18. The average Bonchev–Trinajstić information content (AvgIpc) is 2.56. The second-order valence-electron chi connectivity index (χ2n) is 5.12. The normalized spacial score (nSPS) is 32.9. The van der Waals surface area contributed by atoms with Crippen LogP contribution in [-0.2, 0) is 6.54 Å². The first-order valence-corrected chi connectivity index (χ1v) is 6.58. The minimum Gasteiger partial charge on any atom is -0.328 e. The van der Waals surface area contributed by atoms with Gasteiger partial charge in [-0.3, -0.25) is 9.88 Å². The van der Waals surface area contributed by atoms with Crippen molar-refractivity contribution in [3.63, 3.8) is 0 Å². The van der Waals surface area contributed by atoms with Gasteiger partial charge >= 0.3 is 0 Å². The molecule has 2 bridgehead atoms. The minimum atomic E-state index is 0.389. The molecule has 0 saturated carbocycles. The van der Waals surface area contributed by atoms with E-state index in [4.69, 9.17) is 17.3 Å². The van der Waals surface area contributed by atoms with Gasteiger partial charge in [-0.05, 0) is 25.7 Å². The molecule has 0 aliphatic carbocycles. The summed E-state index contributed by atoms with van der Waals surface area (Å²) in [6, 6.07) is 1.67. The maximum absolute atomic E-state index is 6.06. The van der Waals surface area contributed by atoms with E-state index in [1.165, 1.54) is 12.8 Å². The van der Waals surface area contributed by atoms with Crippen molar-refractivity contribution in [2.75, 3.05) is 0 Å². The monoisotopic (exact) mass is 252 g/mol.